The Morgan fingerprint density at radius 2 is 1.87 bits per heavy atom. The molecule has 23 heavy (non-hydrogen) atoms. The number of amides is 1. The first-order valence-electron chi connectivity index (χ1n) is 7.32. The number of hydrogen-bond acceptors (Lipinski definition) is 5. The van der Waals surface area contributed by atoms with Crippen molar-refractivity contribution in [2.24, 2.45) is 5.92 Å². The Morgan fingerprint density at radius 1 is 1.17 bits per heavy atom. The highest BCUT2D eigenvalue weighted by Crippen LogP contribution is 2.50. The van der Waals surface area contributed by atoms with Gasteiger partial charge in [-0.05, 0) is 17.9 Å². The SMILES string of the molecule is COc1cc(NC(=O)C2CC2c2cccs2)cc(OC)c1OC. The van der Waals surface area contributed by atoms with Crippen LogP contribution in [0.1, 0.15) is 17.2 Å². The smallest absolute Gasteiger partial charge is 0.228 e. The number of hydrogen-bond donors (Lipinski definition) is 1. The fourth-order valence-electron chi connectivity index (χ4n) is 2.69. The molecule has 1 aromatic carbocycles. The van der Waals surface area contributed by atoms with Crippen molar-refractivity contribution in [1.29, 1.82) is 0 Å². The van der Waals surface area contributed by atoms with Crippen LogP contribution in [0.2, 0.25) is 0 Å². The third-order valence-electron chi connectivity index (χ3n) is 3.97. The first-order chi connectivity index (χ1) is 11.2. The van der Waals surface area contributed by atoms with Crippen LogP contribution in [-0.2, 0) is 4.79 Å². The van der Waals surface area contributed by atoms with Gasteiger partial charge in [0.25, 0.3) is 0 Å². The summed E-state index contributed by atoms with van der Waals surface area (Å²) in [5.41, 5.74) is 0.640. The van der Waals surface area contributed by atoms with Gasteiger partial charge >= 0.3 is 0 Å². The molecule has 0 radical (unpaired) electrons. The standard InChI is InChI=1S/C17H19NO4S/c1-20-13-7-10(8-14(21-2)16(13)22-3)18-17(19)12-9-11(12)15-5-4-6-23-15/h4-8,11-12H,9H2,1-3H3,(H,18,19). The van der Waals surface area contributed by atoms with Gasteiger partial charge in [-0.3, -0.25) is 4.79 Å². The molecule has 5 nitrogen and oxygen atoms in total. The Hall–Kier alpha value is -2.21. The van der Waals surface area contributed by atoms with Crippen LogP contribution in [0, 0.1) is 5.92 Å². The van der Waals surface area contributed by atoms with Gasteiger partial charge < -0.3 is 19.5 Å². The topological polar surface area (TPSA) is 56.8 Å². The molecule has 0 spiro atoms. The predicted molar refractivity (Wildman–Crippen MR) is 89.9 cm³/mol. The molecule has 0 bridgehead atoms. The number of ether oxygens (including phenoxy) is 3. The summed E-state index contributed by atoms with van der Waals surface area (Å²) < 4.78 is 15.9. The minimum Gasteiger partial charge on any atom is -0.493 e. The van der Waals surface area contributed by atoms with Crippen molar-refractivity contribution >= 4 is 22.9 Å². The van der Waals surface area contributed by atoms with E-state index in [2.05, 4.69) is 11.4 Å². The molecule has 1 saturated carbocycles. The molecule has 1 N–H and O–H groups in total. The Bertz CT molecular complexity index is 674. The van der Waals surface area contributed by atoms with Crippen LogP contribution in [0.3, 0.4) is 0 Å². The number of anilines is 1. The number of carbonyl (C=O) groups excluding carboxylic acids is 1. The summed E-state index contributed by atoms with van der Waals surface area (Å²) >= 11 is 1.70. The second kappa shape index (κ2) is 6.50. The van der Waals surface area contributed by atoms with E-state index in [4.69, 9.17) is 14.2 Å². The van der Waals surface area contributed by atoms with Gasteiger partial charge in [0.2, 0.25) is 11.7 Å². The molecule has 1 amide bonds. The number of benzene rings is 1. The molecule has 1 heterocycles. The summed E-state index contributed by atoms with van der Waals surface area (Å²) in [4.78, 5) is 13.7. The maximum atomic E-state index is 12.4. The van der Waals surface area contributed by atoms with Crippen LogP contribution in [0.5, 0.6) is 17.2 Å². The Labute approximate surface area is 139 Å². The van der Waals surface area contributed by atoms with Crippen LogP contribution in [0.25, 0.3) is 0 Å². The average Bonchev–Trinajstić information content (AvgIpc) is 3.19. The lowest BCUT2D eigenvalue weighted by molar-refractivity contribution is -0.117. The van der Waals surface area contributed by atoms with E-state index in [1.54, 1.807) is 44.8 Å². The normalized spacial score (nSPS) is 19.1. The molecule has 0 aliphatic heterocycles. The summed E-state index contributed by atoms with van der Waals surface area (Å²) in [6, 6.07) is 7.58. The highest BCUT2D eigenvalue weighted by Gasteiger charge is 2.44. The van der Waals surface area contributed by atoms with Crippen molar-refractivity contribution in [3.8, 4) is 17.2 Å². The van der Waals surface area contributed by atoms with E-state index in [1.165, 1.54) is 4.88 Å². The molecule has 2 atom stereocenters. The van der Waals surface area contributed by atoms with Gasteiger partial charge in [0.15, 0.2) is 11.5 Å². The molecule has 1 fully saturated rings. The van der Waals surface area contributed by atoms with Crippen molar-refractivity contribution in [3.05, 3.63) is 34.5 Å². The Kier molecular flexibility index (Phi) is 4.43. The Morgan fingerprint density at radius 3 is 2.39 bits per heavy atom. The highest BCUT2D eigenvalue weighted by molar-refractivity contribution is 7.10. The molecule has 3 rings (SSSR count). The van der Waals surface area contributed by atoms with E-state index in [-0.39, 0.29) is 11.8 Å². The lowest BCUT2D eigenvalue weighted by Crippen LogP contribution is -2.14. The lowest BCUT2D eigenvalue weighted by atomic mass is 10.2. The summed E-state index contributed by atoms with van der Waals surface area (Å²) in [6.07, 6.45) is 0.900. The van der Waals surface area contributed by atoms with Gasteiger partial charge in [0.05, 0.1) is 21.3 Å². The van der Waals surface area contributed by atoms with Crippen LogP contribution in [0.15, 0.2) is 29.6 Å². The molecular weight excluding hydrogens is 314 g/mol. The number of nitrogens with one attached hydrogen (secondary N) is 1. The van der Waals surface area contributed by atoms with E-state index >= 15 is 0 Å². The second-order valence-electron chi connectivity index (χ2n) is 5.37. The largest absolute Gasteiger partial charge is 0.493 e. The zero-order valence-corrected chi connectivity index (χ0v) is 14.1. The number of carbonyl (C=O) groups is 1. The maximum Gasteiger partial charge on any atom is 0.228 e. The predicted octanol–water partition coefficient (Wildman–Crippen LogP) is 3.52. The molecule has 1 aromatic heterocycles. The van der Waals surface area contributed by atoms with E-state index in [9.17, 15) is 4.79 Å². The van der Waals surface area contributed by atoms with Gasteiger partial charge in [-0.2, -0.15) is 0 Å². The number of rotatable bonds is 6. The van der Waals surface area contributed by atoms with Gasteiger partial charge in [0, 0.05) is 34.5 Å². The van der Waals surface area contributed by atoms with Crippen molar-refractivity contribution in [2.75, 3.05) is 26.6 Å². The molecule has 2 aromatic rings. The lowest BCUT2D eigenvalue weighted by Gasteiger charge is -2.14. The zero-order valence-electron chi connectivity index (χ0n) is 13.3. The number of methoxy groups -OCH3 is 3. The summed E-state index contributed by atoms with van der Waals surface area (Å²) in [6.45, 7) is 0. The summed E-state index contributed by atoms with van der Waals surface area (Å²) in [5, 5.41) is 4.99. The van der Waals surface area contributed by atoms with Gasteiger partial charge in [-0.25, -0.2) is 0 Å². The van der Waals surface area contributed by atoms with Crippen molar-refractivity contribution in [1.82, 2.24) is 0 Å². The Balaban J connectivity index is 1.74. The van der Waals surface area contributed by atoms with E-state index in [0.29, 0.717) is 28.9 Å². The van der Waals surface area contributed by atoms with E-state index in [1.807, 2.05) is 11.4 Å². The third-order valence-corrected chi connectivity index (χ3v) is 4.97. The minimum atomic E-state index is 0.0256. The first kappa shape index (κ1) is 15.7. The highest BCUT2D eigenvalue weighted by atomic mass is 32.1. The van der Waals surface area contributed by atoms with Gasteiger partial charge in [-0.15, -0.1) is 11.3 Å². The fraction of sp³-hybridized carbons (Fsp3) is 0.353. The van der Waals surface area contributed by atoms with Crippen molar-refractivity contribution in [3.63, 3.8) is 0 Å². The molecular formula is C17H19NO4S. The summed E-state index contributed by atoms with van der Waals surface area (Å²) in [5.74, 6) is 1.96. The van der Waals surface area contributed by atoms with Gasteiger partial charge in [-0.1, -0.05) is 6.07 Å². The molecule has 1 aliphatic rings. The maximum absolute atomic E-state index is 12.4. The minimum absolute atomic E-state index is 0.0256. The summed E-state index contributed by atoms with van der Waals surface area (Å²) in [7, 11) is 4.65. The number of thiophene rings is 1. The molecule has 1 aliphatic carbocycles. The zero-order chi connectivity index (χ0) is 16.4. The van der Waals surface area contributed by atoms with Crippen LogP contribution >= 0.6 is 11.3 Å². The molecule has 122 valence electrons. The molecule has 0 saturated heterocycles. The van der Waals surface area contributed by atoms with Crippen molar-refractivity contribution < 1.29 is 19.0 Å². The molecule has 2 unspecified atom stereocenters. The second-order valence-corrected chi connectivity index (χ2v) is 6.35. The van der Waals surface area contributed by atoms with Crippen LogP contribution in [-0.4, -0.2) is 27.2 Å². The molecule has 6 heteroatoms. The average molecular weight is 333 g/mol. The van der Waals surface area contributed by atoms with Crippen LogP contribution in [0.4, 0.5) is 5.69 Å². The fourth-order valence-corrected chi connectivity index (χ4v) is 3.60. The van der Waals surface area contributed by atoms with Gasteiger partial charge in [0.1, 0.15) is 0 Å². The quantitative estimate of drug-likeness (QED) is 0.879. The van der Waals surface area contributed by atoms with Crippen LogP contribution < -0.4 is 19.5 Å². The van der Waals surface area contributed by atoms with E-state index < -0.39 is 0 Å². The van der Waals surface area contributed by atoms with E-state index in [0.717, 1.165) is 6.42 Å². The van der Waals surface area contributed by atoms with Crippen molar-refractivity contribution in [2.45, 2.75) is 12.3 Å². The first-order valence-corrected chi connectivity index (χ1v) is 8.20. The third kappa shape index (κ3) is 3.12. The monoisotopic (exact) mass is 333 g/mol.